The van der Waals surface area contributed by atoms with Crippen LogP contribution in [0, 0.1) is 12.7 Å². The van der Waals surface area contributed by atoms with Gasteiger partial charge in [0.1, 0.15) is 11.9 Å². The van der Waals surface area contributed by atoms with E-state index in [1.165, 1.54) is 12.1 Å². The quantitative estimate of drug-likeness (QED) is 0.694. The third kappa shape index (κ3) is 5.91. The van der Waals surface area contributed by atoms with E-state index < -0.39 is 6.04 Å². The number of hydrogen-bond acceptors (Lipinski definition) is 2. The number of carbonyl (C=O) groups excluding carboxylic acids is 2. The molecular weight excluding hydrogens is 379 g/mol. The van der Waals surface area contributed by atoms with Gasteiger partial charge in [-0.3, -0.25) is 9.59 Å². The number of amides is 2. The first-order chi connectivity index (χ1) is 14.5. The molecule has 1 atom stereocenters. The second-order valence-electron chi connectivity index (χ2n) is 8.23. The summed E-state index contributed by atoms with van der Waals surface area (Å²) in [6, 6.07) is 13.6. The molecule has 0 heterocycles. The second kappa shape index (κ2) is 10.4. The maximum Gasteiger partial charge on any atom is 0.243 e. The van der Waals surface area contributed by atoms with Gasteiger partial charge in [-0.05, 0) is 49.4 Å². The van der Waals surface area contributed by atoms with Gasteiger partial charge in [0.2, 0.25) is 11.8 Å². The van der Waals surface area contributed by atoms with Crippen molar-refractivity contribution in [2.75, 3.05) is 0 Å². The molecule has 2 aromatic rings. The van der Waals surface area contributed by atoms with E-state index in [4.69, 9.17) is 0 Å². The Labute approximate surface area is 178 Å². The van der Waals surface area contributed by atoms with Crippen molar-refractivity contribution < 1.29 is 14.0 Å². The van der Waals surface area contributed by atoms with E-state index in [2.05, 4.69) is 5.32 Å². The molecule has 0 aliphatic heterocycles. The number of hydrogen-bond donors (Lipinski definition) is 1. The Kier molecular flexibility index (Phi) is 7.61. The second-order valence-corrected chi connectivity index (χ2v) is 8.23. The standard InChI is InChI=1S/C25H31FN2O2/c1-3-23(25(30)27-22-9-4-5-10-22)28(17-20-8-6-7-18(2)15-20)24(29)16-19-11-13-21(26)14-12-19/h6-8,11-15,22-23H,3-5,9-10,16-17H2,1-2H3,(H,27,30)/t23-/m1/s1. The van der Waals surface area contributed by atoms with Crippen LogP contribution in [0.4, 0.5) is 4.39 Å². The lowest BCUT2D eigenvalue weighted by molar-refractivity contribution is -0.141. The molecule has 0 radical (unpaired) electrons. The Balaban J connectivity index is 1.81. The summed E-state index contributed by atoms with van der Waals surface area (Å²) in [6.45, 7) is 4.32. The highest BCUT2D eigenvalue weighted by Gasteiger charge is 2.30. The van der Waals surface area contributed by atoms with Crippen molar-refractivity contribution in [1.29, 1.82) is 0 Å². The van der Waals surface area contributed by atoms with Crippen LogP contribution in [-0.4, -0.2) is 28.8 Å². The molecule has 0 aromatic heterocycles. The Morgan fingerprint density at radius 1 is 1.10 bits per heavy atom. The number of nitrogens with one attached hydrogen (secondary N) is 1. The number of benzene rings is 2. The van der Waals surface area contributed by atoms with Gasteiger partial charge in [-0.15, -0.1) is 0 Å². The zero-order chi connectivity index (χ0) is 21.5. The highest BCUT2D eigenvalue weighted by molar-refractivity contribution is 5.88. The Morgan fingerprint density at radius 2 is 1.80 bits per heavy atom. The zero-order valence-corrected chi connectivity index (χ0v) is 17.9. The SMILES string of the molecule is CC[C@H](C(=O)NC1CCCC1)N(Cc1cccc(C)c1)C(=O)Cc1ccc(F)cc1. The minimum atomic E-state index is -0.529. The van der Waals surface area contributed by atoms with E-state index in [0.29, 0.717) is 13.0 Å². The molecule has 0 saturated heterocycles. The molecule has 5 heteroatoms. The van der Waals surface area contributed by atoms with Crippen molar-refractivity contribution in [3.05, 3.63) is 71.0 Å². The van der Waals surface area contributed by atoms with Crippen LogP contribution in [0.25, 0.3) is 0 Å². The maximum atomic E-state index is 13.3. The minimum absolute atomic E-state index is 0.0792. The van der Waals surface area contributed by atoms with Crippen LogP contribution in [0.3, 0.4) is 0 Å². The van der Waals surface area contributed by atoms with E-state index in [1.807, 2.05) is 38.1 Å². The lowest BCUT2D eigenvalue weighted by Gasteiger charge is -2.31. The van der Waals surface area contributed by atoms with Gasteiger partial charge >= 0.3 is 0 Å². The van der Waals surface area contributed by atoms with Crippen molar-refractivity contribution in [1.82, 2.24) is 10.2 Å². The predicted octanol–water partition coefficient (Wildman–Crippen LogP) is 4.54. The lowest BCUT2D eigenvalue weighted by atomic mass is 10.1. The summed E-state index contributed by atoms with van der Waals surface area (Å²) in [4.78, 5) is 28.0. The Morgan fingerprint density at radius 3 is 2.43 bits per heavy atom. The van der Waals surface area contributed by atoms with Crippen LogP contribution in [0.1, 0.15) is 55.7 Å². The highest BCUT2D eigenvalue weighted by atomic mass is 19.1. The van der Waals surface area contributed by atoms with E-state index in [0.717, 1.165) is 42.4 Å². The molecule has 4 nitrogen and oxygen atoms in total. The normalized spacial score (nSPS) is 15.0. The summed E-state index contributed by atoms with van der Waals surface area (Å²) in [5, 5.41) is 3.15. The summed E-state index contributed by atoms with van der Waals surface area (Å²) in [5.74, 6) is -0.536. The third-order valence-corrected chi connectivity index (χ3v) is 5.79. The van der Waals surface area contributed by atoms with Crippen molar-refractivity contribution in [2.45, 2.75) is 71.0 Å². The number of aryl methyl sites for hydroxylation is 1. The van der Waals surface area contributed by atoms with E-state index in [9.17, 15) is 14.0 Å². The van der Waals surface area contributed by atoms with Crippen LogP contribution < -0.4 is 5.32 Å². The van der Waals surface area contributed by atoms with Gasteiger partial charge in [0.05, 0.1) is 6.42 Å². The molecule has 0 unspecified atom stereocenters. The van der Waals surface area contributed by atoms with E-state index in [1.54, 1.807) is 17.0 Å². The first kappa shape index (κ1) is 22.0. The average molecular weight is 411 g/mol. The fourth-order valence-electron chi connectivity index (χ4n) is 4.17. The summed E-state index contributed by atoms with van der Waals surface area (Å²) >= 11 is 0. The van der Waals surface area contributed by atoms with E-state index >= 15 is 0 Å². The van der Waals surface area contributed by atoms with Gasteiger partial charge in [0.15, 0.2) is 0 Å². The smallest absolute Gasteiger partial charge is 0.243 e. The molecule has 1 aliphatic rings. The molecule has 1 N–H and O–H groups in total. The van der Waals surface area contributed by atoms with Crippen molar-refractivity contribution in [3.8, 4) is 0 Å². The number of halogens is 1. The molecule has 3 rings (SSSR count). The minimum Gasteiger partial charge on any atom is -0.352 e. The fraction of sp³-hybridized carbons (Fsp3) is 0.440. The van der Waals surface area contributed by atoms with Gasteiger partial charge < -0.3 is 10.2 Å². The van der Waals surface area contributed by atoms with Crippen LogP contribution in [0.5, 0.6) is 0 Å². The number of carbonyl (C=O) groups is 2. The molecule has 2 amide bonds. The topological polar surface area (TPSA) is 49.4 Å². The molecule has 0 spiro atoms. The molecule has 1 fully saturated rings. The van der Waals surface area contributed by atoms with Gasteiger partial charge in [-0.2, -0.15) is 0 Å². The Bertz CT molecular complexity index is 860. The summed E-state index contributed by atoms with van der Waals surface area (Å²) in [7, 11) is 0. The molecule has 30 heavy (non-hydrogen) atoms. The van der Waals surface area contributed by atoms with Crippen molar-refractivity contribution in [3.63, 3.8) is 0 Å². The lowest BCUT2D eigenvalue weighted by Crippen LogP contribution is -2.51. The fourth-order valence-corrected chi connectivity index (χ4v) is 4.17. The predicted molar refractivity (Wildman–Crippen MR) is 116 cm³/mol. The molecule has 1 aliphatic carbocycles. The molecule has 2 aromatic carbocycles. The van der Waals surface area contributed by atoms with Gasteiger partial charge in [-0.1, -0.05) is 61.7 Å². The Hall–Kier alpha value is -2.69. The van der Waals surface area contributed by atoms with Crippen LogP contribution in [0.15, 0.2) is 48.5 Å². The summed E-state index contributed by atoms with van der Waals surface area (Å²) in [5.41, 5.74) is 2.85. The van der Waals surface area contributed by atoms with Crippen LogP contribution in [-0.2, 0) is 22.6 Å². The molecular formula is C25H31FN2O2. The van der Waals surface area contributed by atoms with E-state index in [-0.39, 0.29) is 30.1 Å². The summed E-state index contributed by atoms with van der Waals surface area (Å²) < 4.78 is 13.2. The largest absolute Gasteiger partial charge is 0.352 e. The molecule has 160 valence electrons. The van der Waals surface area contributed by atoms with Crippen molar-refractivity contribution >= 4 is 11.8 Å². The first-order valence-electron chi connectivity index (χ1n) is 10.9. The number of nitrogens with zero attached hydrogens (tertiary/aromatic N) is 1. The third-order valence-electron chi connectivity index (χ3n) is 5.79. The van der Waals surface area contributed by atoms with Crippen LogP contribution >= 0.6 is 0 Å². The van der Waals surface area contributed by atoms with Gasteiger partial charge in [0.25, 0.3) is 0 Å². The highest BCUT2D eigenvalue weighted by Crippen LogP contribution is 2.20. The monoisotopic (exact) mass is 410 g/mol. The average Bonchev–Trinajstić information content (AvgIpc) is 3.22. The van der Waals surface area contributed by atoms with Gasteiger partial charge in [-0.25, -0.2) is 4.39 Å². The first-order valence-corrected chi connectivity index (χ1v) is 10.9. The van der Waals surface area contributed by atoms with Crippen molar-refractivity contribution in [2.24, 2.45) is 0 Å². The van der Waals surface area contributed by atoms with Gasteiger partial charge in [0, 0.05) is 12.6 Å². The molecule has 1 saturated carbocycles. The van der Waals surface area contributed by atoms with Crippen LogP contribution in [0.2, 0.25) is 0 Å². The molecule has 0 bridgehead atoms. The maximum absolute atomic E-state index is 13.3. The summed E-state index contributed by atoms with van der Waals surface area (Å²) in [6.07, 6.45) is 4.96. The number of rotatable bonds is 8. The zero-order valence-electron chi connectivity index (χ0n) is 17.9.